The number of aliphatic hydroxyl groups excluding tert-OH is 1. The van der Waals surface area contributed by atoms with Crippen LogP contribution in [0.15, 0.2) is 0 Å². The lowest BCUT2D eigenvalue weighted by Crippen LogP contribution is -2.30. The maximum absolute atomic E-state index is 13.2. The zero-order valence-corrected chi connectivity index (χ0v) is 75.5. The molecule has 2 unspecified atom stereocenters. The molecule has 0 bridgehead atoms. The van der Waals surface area contributed by atoms with Crippen LogP contribution in [0.5, 0.6) is 0 Å². The summed E-state index contributed by atoms with van der Waals surface area (Å²) >= 11 is 0. The number of carbonyl (C=O) groups excluding carboxylic acids is 4. The van der Waals surface area contributed by atoms with E-state index in [0.29, 0.717) is 25.7 Å². The van der Waals surface area contributed by atoms with E-state index in [0.717, 1.165) is 103 Å². The molecule has 0 amide bonds. The van der Waals surface area contributed by atoms with Gasteiger partial charge in [-0.15, -0.1) is 0 Å². The van der Waals surface area contributed by atoms with E-state index in [-0.39, 0.29) is 25.7 Å². The van der Waals surface area contributed by atoms with Crippen molar-refractivity contribution < 1.29 is 80.2 Å². The Kier molecular flexibility index (Phi) is 85.4. The molecule has 0 aromatic rings. The van der Waals surface area contributed by atoms with E-state index in [2.05, 4.69) is 27.7 Å². The molecule has 0 aromatic heterocycles. The first-order valence-electron chi connectivity index (χ1n) is 48.3. The highest BCUT2D eigenvalue weighted by Crippen LogP contribution is 2.45. The average Bonchev–Trinajstić information content (AvgIpc) is 1.64. The highest BCUT2D eigenvalue weighted by Gasteiger charge is 2.31. The number of aliphatic hydroxyl groups is 1. The number of rotatable bonds is 94. The van der Waals surface area contributed by atoms with Crippen LogP contribution in [0.1, 0.15) is 516 Å². The number of hydrogen-bond donors (Lipinski definition) is 3. The normalized spacial score (nSPS) is 13.6. The Morgan fingerprint density at radius 1 is 0.214 bits per heavy atom. The molecule has 666 valence electrons. The first-order valence-corrected chi connectivity index (χ1v) is 51.3. The molecule has 0 saturated heterocycles. The van der Waals surface area contributed by atoms with Crippen molar-refractivity contribution in [3.8, 4) is 0 Å². The number of hydrogen-bond acceptors (Lipinski definition) is 15. The minimum absolute atomic E-state index is 0.109. The second kappa shape index (κ2) is 86.9. The summed E-state index contributed by atoms with van der Waals surface area (Å²) in [4.78, 5) is 73.3. The number of ether oxygens (including phenoxy) is 4. The van der Waals surface area contributed by atoms with E-state index in [1.54, 1.807) is 0 Å². The lowest BCUT2D eigenvalue weighted by Gasteiger charge is -2.21. The first-order chi connectivity index (χ1) is 54.7. The van der Waals surface area contributed by atoms with Gasteiger partial charge in [-0.25, -0.2) is 9.13 Å². The second-order valence-electron chi connectivity index (χ2n) is 33.4. The molecule has 0 saturated carbocycles. The van der Waals surface area contributed by atoms with Crippen molar-refractivity contribution >= 4 is 39.5 Å². The van der Waals surface area contributed by atoms with E-state index < -0.39 is 97.5 Å². The summed E-state index contributed by atoms with van der Waals surface area (Å²) in [5, 5.41) is 10.7. The molecule has 17 nitrogen and oxygen atoms in total. The van der Waals surface area contributed by atoms with Crippen molar-refractivity contribution in [1.82, 2.24) is 0 Å². The Morgan fingerprint density at radius 2 is 0.357 bits per heavy atom. The van der Waals surface area contributed by atoms with Gasteiger partial charge in [-0.2, -0.15) is 0 Å². The molecule has 0 heterocycles. The smallest absolute Gasteiger partial charge is 0.462 e. The zero-order chi connectivity index (χ0) is 81.7. The fourth-order valence-corrected chi connectivity index (χ4v) is 16.3. The summed E-state index contributed by atoms with van der Waals surface area (Å²) < 4.78 is 69.0. The molecular weight excluding hydrogens is 1450 g/mol. The van der Waals surface area contributed by atoms with E-state index in [9.17, 15) is 43.2 Å². The molecule has 0 spiro atoms. The van der Waals surface area contributed by atoms with Crippen molar-refractivity contribution in [2.24, 2.45) is 0 Å². The molecule has 3 N–H and O–H groups in total. The third kappa shape index (κ3) is 85.9. The number of carbonyl (C=O) groups is 4. The summed E-state index contributed by atoms with van der Waals surface area (Å²) in [5.74, 6) is -2.10. The van der Waals surface area contributed by atoms with Crippen LogP contribution >= 0.6 is 15.6 Å². The maximum Gasteiger partial charge on any atom is 0.472 e. The van der Waals surface area contributed by atoms with Crippen LogP contribution in [0.4, 0.5) is 0 Å². The van der Waals surface area contributed by atoms with Gasteiger partial charge in [0.25, 0.3) is 0 Å². The van der Waals surface area contributed by atoms with Gasteiger partial charge in [-0.1, -0.05) is 464 Å². The van der Waals surface area contributed by atoms with Crippen molar-refractivity contribution in [3.05, 3.63) is 0 Å². The summed E-state index contributed by atoms with van der Waals surface area (Å²) in [7, 11) is -9.93. The average molecular weight is 1630 g/mol. The largest absolute Gasteiger partial charge is 0.472 e. The first kappa shape index (κ1) is 110. The Balaban J connectivity index is 5.12. The molecule has 5 atom stereocenters. The van der Waals surface area contributed by atoms with Gasteiger partial charge in [-0.05, 0) is 25.7 Å². The third-order valence-corrected chi connectivity index (χ3v) is 24.0. The number of phosphoric acid groups is 2. The van der Waals surface area contributed by atoms with E-state index >= 15 is 0 Å². The summed E-state index contributed by atoms with van der Waals surface area (Å²) in [5.41, 5.74) is 0. The number of phosphoric ester groups is 2. The van der Waals surface area contributed by atoms with Crippen LogP contribution in [0, 0.1) is 0 Å². The quantitative estimate of drug-likeness (QED) is 0.0222. The van der Waals surface area contributed by atoms with E-state index in [4.69, 9.17) is 37.0 Å². The SMILES string of the molecule is CCCCCCCCCCCCCCCCCCCCCCCCC(=O)OC[C@H](COP(=O)(O)OC[C@@H](O)COP(=O)(O)OC[C@@H](COC(=O)CCCCCCCCC)OC(=O)CCCCCCCCCCCCCCCCCCCCCCC)OC(=O)CCCCCCCCCCCCCCCCCCCCCCCC. The van der Waals surface area contributed by atoms with Gasteiger partial charge in [0, 0.05) is 25.7 Å². The fraction of sp³-hybridized carbons (Fsp3) is 0.957. The standard InChI is InChI=1S/C93H182O17P2/c1-5-9-13-17-21-24-27-30-33-36-39-42-45-47-50-53-56-59-62-66-70-74-78-91(96)104-84-89(110-93(98)80-76-72-68-64-61-58-55-52-49-46-43-40-37-34-31-28-25-22-18-14-10-6-2)86-108-112(101,102)106-82-87(94)81-105-111(99,100)107-85-88(83-103-90(95)77-73-69-65-20-16-12-8-4)109-92(97)79-75-71-67-63-60-57-54-51-48-44-41-38-35-32-29-26-23-19-15-11-7-3/h87-89,94H,5-86H2,1-4H3,(H,99,100)(H,101,102)/t87-,88+,89+/m0/s1. The van der Waals surface area contributed by atoms with Crippen LogP contribution in [-0.4, -0.2) is 96.7 Å². The highest BCUT2D eigenvalue weighted by atomic mass is 31.2. The molecule has 0 aliphatic carbocycles. The maximum atomic E-state index is 13.2. The van der Waals surface area contributed by atoms with Gasteiger partial charge in [-0.3, -0.25) is 37.3 Å². The van der Waals surface area contributed by atoms with Gasteiger partial charge in [0.15, 0.2) is 12.2 Å². The van der Waals surface area contributed by atoms with Crippen LogP contribution in [-0.2, 0) is 65.4 Å². The van der Waals surface area contributed by atoms with Crippen molar-refractivity contribution in [1.29, 1.82) is 0 Å². The molecular formula is C93H182O17P2. The minimum Gasteiger partial charge on any atom is -0.462 e. The molecule has 0 fully saturated rings. The van der Waals surface area contributed by atoms with Gasteiger partial charge < -0.3 is 33.8 Å². The highest BCUT2D eigenvalue weighted by molar-refractivity contribution is 7.47. The summed E-state index contributed by atoms with van der Waals surface area (Å²) in [6.07, 6.45) is 85.3. The predicted octanol–water partition coefficient (Wildman–Crippen LogP) is 29.3. The molecule has 0 rings (SSSR count). The van der Waals surface area contributed by atoms with Crippen LogP contribution in [0.25, 0.3) is 0 Å². The molecule has 0 radical (unpaired) electrons. The van der Waals surface area contributed by atoms with E-state index in [1.165, 1.54) is 334 Å². The van der Waals surface area contributed by atoms with Crippen LogP contribution < -0.4 is 0 Å². The Hall–Kier alpha value is -1.94. The Labute approximate surface area is 689 Å². The molecule has 112 heavy (non-hydrogen) atoms. The van der Waals surface area contributed by atoms with Crippen molar-refractivity contribution in [2.75, 3.05) is 39.6 Å². The predicted molar refractivity (Wildman–Crippen MR) is 465 cm³/mol. The topological polar surface area (TPSA) is 237 Å². The Morgan fingerprint density at radius 3 is 0.527 bits per heavy atom. The second-order valence-corrected chi connectivity index (χ2v) is 36.3. The van der Waals surface area contributed by atoms with Crippen molar-refractivity contribution in [3.63, 3.8) is 0 Å². The minimum atomic E-state index is -4.97. The van der Waals surface area contributed by atoms with Gasteiger partial charge >= 0.3 is 39.5 Å². The third-order valence-electron chi connectivity index (χ3n) is 22.1. The lowest BCUT2D eigenvalue weighted by molar-refractivity contribution is -0.161. The fourth-order valence-electron chi connectivity index (χ4n) is 14.8. The number of esters is 4. The van der Waals surface area contributed by atoms with Crippen molar-refractivity contribution in [2.45, 2.75) is 534 Å². The van der Waals surface area contributed by atoms with Crippen LogP contribution in [0.3, 0.4) is 0 Å². The Bertz CT molecular complexity index is 2100. The molecule has 0 aromatic carbocycles. The van der Waals surface area contributed by atoms with Crippen LogP contribution in [0.2, 0.25) is 0 Å². The van der Waals surface area contributed by atoms with Gasteiger partial charge in [0.2, 0.25) is 0 Å². The molecule has 19 heteroatoms. The monoisotopic (exact) mass is 1630 g/mol. The summed E-state index contributed by atoms with van der Waals surface area (Å²) in [6, 6.07) is 0. The number of unbranched alkanes of at least 4 members (excludes halogenated alkanes) is 68. The molecule has 0 aliphatic heterocycles. The van der Waals surface area contributed by atoms with Gasteiger partial charge in [0.05, 0.1) is 26.4 Å². The lowest BCUT2D eigenvalue weighted by atomic mass is 10.0. The van der Waals surface area contributed by atoms with Gasteiger partial charge in [0.1, 0.15) is 19.3 Å². The molecule has 0 aliphatic rings. The zero-order valence-electron chi connectivity index (χ0n) is 73.7. The summed E-state index contributed by atoms with van der Waals surface area (Å²) in [6.45, 7) is 5.04. The van der Waals surface area contributed by atoms with E-state index in [1.807, 2.05) is 0 Å².